The van der Waals surface area contributed by atoms with E-state index in [2.05, 4.69) is 4.98 Å². The summed E-state index contributed by atoms with van der Waals surface area (Å²) in [5.41, 5.74) is 0.0423. The van der Waals surface area contributed by atoms with E-state index in [9.17, 15) is 23.2 Å². The fourth-order valence-corrected chi connectivity index (χ4v) is 6.48. The molecule has 0 saturated carbocycles. The van der Waals surface area contributed by atoms with Crippen LogP contribution in [0.2, 0.25) is 5.02 Å². The van der Waals surface area contributed by atoms with Crippen molar-refractivity contribution in [3.8, 4) is 5.75 Å². The second kappa shape index (κ2) is 14.0. The van der Waals surface area contributed by atoms with Crippen LogP contribution in [0, 0.1) is 11.6 Å². The van der Waals surface area contributed by atoms with E-state index in [4.69, 9.17) is 30.5 Å². The fourth-order valence-electron chi connectivity index (χ4n) is 6.28. The van der Waals surface area contributed by atoms with Gasteiger partial charge in [-0.05, 0) is 90.3 Å². The average Bonchev–Trinajstić information content (AvgIpc) is 3.47. The highest BCUT2D eigenvalue weighted by molar-refractivity contribution is 6.32. The van der Waals surface area contributed by atoms with E-state index in [1.54, 1.807) is 59.6 Å². The van der Waals surface area contributed by atoms with Crippen molar-refractivity contribution in [2.45, 2.75) is 90.7 Å². The Morgan fingerprint density at radius 1 is 0.939 bits per heavy atom. The first-order chi connectivity index (χ1) is 23.0. The molecule has 2 amide bonds. The number of ether oxygens (including phenoxy) is 4. The van der Waals surface area contributed by atoms with Crippen molar-refractivity contribution in [1.29, 1.82) is 0 Å². The molecule has 49 heavy (non-hydrogen) atoms. The van der Waals surface area contributed by atoms with Gasteiger partial charge in [0.15, 0.2) is 11.6 Å². The lowest BCUT2D eigenvalue weighted by Crippen LogP contribution is -2.65. The van der Waals surface area contributed by atoms with Gasteiger partial charge < -0.3 is 28.7 Å². The van der Waals surface area contributed by atoms with Gasteiger partial charge in [-0.15, -0.1) is 0 Å². The molecule has 0 unspecified atom stereocenters. The van der Waals surface area contributed by atoms with E-state index in [-0.39, 0.29) is 37.4 Å². The number of hydrogen-bond acceptors (Lipinski definition) is 9. The van der Waals surface area contributed by atoms with Gasteiger partial charge >= 0.3 is 18.2 Å². The van der Waals surface area contributed by atoms with Gasteiger partial charge in [-0.25, -0.2) is 28.1 Å². The second-order valence-electron chi connectivity index (χ2n) is 14.3. The van der Waals surface area contributed by atoms with Crippen LogP contribution in [0.3, 0.4) is 0 Å². The Labute approximate surface area is 290 Å². The number of rotatable bonds is 6. The summed E-state index contributed by atoms with van der Waals surface area (Å²) >= 11 is 5.96. The minimum Gasteiger partial charge on any atom is -0.484 e. The zero-order chi connectivity index (χ0) is 35.8. The summed E-state index contributed by atoms with van der Waals surface area (Å²) in [7, 11) is 0. The lowest BCUT2D eigenvalue weighted by atomic mass is 9.82. The van der Waals surface area contributed by atoms with Crippen molar-refractivity contribution in [2.24, 2.45) is 0 Å². The number of hydrogen-bond donors (Lipinski definition) is 0. The molecule has 11 nitrogen and oxygen atoms in total. The fraction of sp³-hybridized carbons (Fsp3) is 0.543. The van der Waals surface area contributed by atoms with Gasteiger partial charge in [0, 0.05) is 32.3 Å². The Morgan fingerprint density at radius 2 is 1.61 bits per heavy atom. The molecule has 1 aromatic heterocycles. The van der Waals surface area contributed by atoms with Crippen LogP contribution in [0.5, 0.6) is 5.75 Å². The monoisotopic (exact) mass is 704 g/mol. The van der Waals surface area contributed by atoms with Crippen LogP contribution in [-0.2, 0) is 19.0 Å². The number of carbonyl (C=O) groups excluding carboxylic acids is 3. The molecule has 14 heteroatoms. The number of amides is 2. The topological polar surface area (TPSA) is 111 Å². The molecule has 266 valence electrons. The van der Waals surface area contributed by atoms with Crippen molar-refractivity contribution in [2.75, 3.05) is 37.7 Å². The van der Waals surface area contributed by atoms with Gasteiger partial charge in [0.25, 0.3) is 0 Å². The van der Waals surface area contributed by atoms with E-state index < -0.39 is 64.2 Å². The second-order valence-corrected chi connectivity index (χ2v) is 14.7. The molecule has 3 aliphatic heterocycles. The van der Waals surface area contributed by atoms with E-state index in [1.165, 1.54) is 4.90 Å². The normalized spacial score (nSPS) is 21.1. The predicted octanol–water partition coefficient (Wildman–Crippen LogP) is 6.62. The summed E-state index contributed by atoms with van der Waals surface area (Å²) in [5.74, 6) is -1.80. The summed E-state index contributed by atoms with van der Waals surface area (Å²) < 4.78 is 50.9. The van der Waals surface area contributed by atoms with Gasteiger partial charge in [-0.3, -0.25) is 4.90 Å². The van der Waals surface area contributed by atoms with Crippen molar-refractivity contribution >= 4 is 41.1 Å². The molecule has 2 bridgehead atoms. The first-order valence-corrected chi connectivity index (χ1v) is 16.7. The molecule has 2 aromatic rings. The van der Waals surface area contributed by atoms with Crippen LogP contribution >= 0.6 is 11.6 Å². The summed E-state index contributed by atoms with van der Waals surface area (Å²) in [4.78, 5) is 50.2. The molecule has 0 spiro atoms. The van der Waals surface area contributed by atoms with E-state index in [1.807, 2.05) is 17.0 Å². The Hall–Kier alpha value is -4.13. The Bertz CT molecular complexity index is 1620. The third kappa shape index (κ3) is 8.20. The van der Waals surface area contributed by atoms with Crippen molar-refractivity contribution in [1.82, 2.24) is 14.8 Å². The number of halogens is 3. The summed E-state index contributed by atoms with van der Waals surface area (Å²) in [5, 5.41) is -0.400. The molecule has 2 saturated heterocycles. The Kier molecular flexibility index (Phi) is 10.3. The summed E-state index contributed by atoms with van der Waals surface area (Å²) in [6.07, 6.45) is 0.838. The number of aromatic nitrogens is 1. The minimum atomic E-state index is -0.866. The number of nitrogens with zero attached hydrogens (tertiary/aromatic N) is 4. The number of benzene rings is 1. The first-order valence-electron chi connectivity index (χ1n) is 16.4. The molecular formula is C35H43ClF2N4O7. The first kappa shape index (κ1) is 36.2. The van der Waals surface area contributed by atoms with E-state index in [0.29, 0.717) is 36.5 Å². The SMILES string of the molecule is CCOC(=O)C1=C(c2ccc(N3CC[C@@H](Oc4c(F)ccc(F)c4Cl)C3)nc2)C[C@@H]2CN(C(=O)OC(C)(C)C)C[C@H]1N2C(=O)OC(C)(C)C. The van der Waals surface area contributed by atoms with Gasteiger partial charge in [-0.1, -0.05) is 11.6 Å². The lowest BCUT2D eigenvalue weighted by Gasteiger charge is -2.50. The smallest absolute Gasteiger partial charge is 0.411 e. The van der Waals surface area contributed by atoms with E-state index in [0.717, 1.165) is 12.1 Å². The van der Waals surface area contributed by atoms with Crippen LogP contribution in [-0.4, -0.2) is 95.1 Å². The zero-order valence-electron chi connectivity index (χ0n) is 28.8. The lowest BCUT2D eigenvalue weighted by molar-refractivity contribution is -0.140. The summed E-state index contributed by atoms with van der Waals surface area (Å²) in [6, 6.07) is 4.19. The highest BCUT2D eigenvalue weighted by atomic mass is 35.5. The molecule has 0 radical (unpaired) electrons. The van der Waals surface area contributed by atoms with Gasteiger partial charge in [0.05, 0.1) is 30.8 Å². The summed E-state index contributed by atoms with van der Waals surface area (Å²) in [6.45, 7) is 13.5. The van der Waals surface area contributed by atoms with Crippen molar-refractivity contribution in [3.63, 3.8) is 0 Å². The van der Waals surface area contributed by atoms with E-state index >= 15 is 0 Å². The van der Waals surface area contributed by atoms with Crippen molar-refractivity contribution in [3.05, 3.63) is 58.3 Å². The van der Waals surface area contributed by atoms with Gasteiger partial charge in [0.1, 0.15) is 34.0 Å². The maximum atomic E-state index is 14.3. The largest absolute Gasteiger partial charge is 0.484 e. The molecule has 3 atom stereocenters. The standard InChI is InChI=1S/C35H43ClF2N4O7/c1-8-46-31(43)28-23(15-21-17-41(32(44)48-34(2,3)4)19-26(28)42(21)33(45)49-35(5,6)7)20-9-12-27(39-16-20)40-14-13-22(18-40)47-30-25(38)11-10-24(37)29(30)36/h9-12,16,21-22,26H,8,13-15,17-19H2,1-7H3/t21-,22-,26-/m1/s1. The van der Waals surface area contributed by atoms with Gasteiger partial charge in [0.2, 0.25) is 0 Å². The van der Waals surface area contributed by atoms with Gasteiger partial charge in [-0.2, -0.15) is 0 Å². The highest BCUT2D eigenvalue weighted by Gasteiger charge is 2.49. The number of anilines is 1. The Morgan fingerprint density at radius 3 is 2.24 bits per heavy atom. The molecule has 4 heterocycles. The maximum absolute atomic E-state index is 14.3. The maximum Gasteiger partial charge on any atom is 0.411 e. The number of pyridine rings is 1. The minimum absolute atomic E-state index is 0.00108. The van der Waals surface area contributed by atoms with Crippen LogP contribution in [0.25, 0.3) is 5.57 Å². The number of fused-ring (bicyclic) bond motifs is 2. The van der Waals surface area contributed by atoms with Crippen molar-refractivity contribution < 1.29 is 42.1 Å². The third-order valence-corrected chi connectivity index (χ3v) is 8.61. The average molecular weight is 705 g/mol. The Balaban J connectivity index is 1.44. The molecular weight excluding hydrogens is 662 g/mol. The molecule has 1 aromatic carbocycles. The van der Waals surface area contributed by atoms with Crippen LogP contribution in [0.4, 0.5) is 24.2 Å². The van der Waals surface area contributed by atoms with Crippen LogP contribution < -0.4 is 9.64 Å². The van der Waals surface area contributed by atoms with Crippen LogP contribution in [0.1, 0.15) is 66.9 Å². The molecule has 3 aliphatic rings. The van der Waals surface area contributed by atoms with Crippen LogP contribution in [0.15, 0.2) is 36.0 Å². The number of esters is 1. The highest BCUT2D eigenvalue weighted by Crippen LogP contribution is 2.40. The molecule has 0 N–H and O–H groups in total. The molecule has 5 rings (SSSR count). The number of carbonyl (C=O) groups is 3. The third-order valence-electron chi connectivity index (χ3n) is 8.25. The quantitative estimate of drug-likeness (QED) is 0.186. The number of piperazine rings is 1. The zero-order valence-corrected chi connectivity index (χ0v) is 29.6. The molecule has 2 fully saturated rings. The molecule has 0 aliphatic carbocycles. The predicted molar refractivity (Wildman–Crippen MR) is 178 cm³/mol.